The van der Waals surface area contributed by atoms with Gasteiger partial charge in [-0.1, -0.05) is 53.6 Å². The topological polar surface area (TPSA) is 152 Å². The van der Waals surface area contributed by atoms with E-state index in [1.54, 1.807) is 0 Å². The van der Waals surface area contributed by atoms with Gasteiger partial charge in [0.15, 0.2) is 22.5 Å². The van der Waals surface area contributed by atoms with Crippen molar-refractivity contribution in [2.75, 3.05) is 24.6 Å². The molecule has 11 heteroatoms. The lowest BCUT2D eigenvalue weighted by atomic mass is 9.85. The van der Waals surface area contributed by atoms with Crippen LogP contribution in [0, 0.1) is 6.92 Å². The van der Waals surface area contributed by atoms with Crippen LogP contribution < -0.4 is 16.8 Å². The molecule has 1 aromatic heterocycles. The molecule has 42 heavy (non-hydrogen) atoms. The van der Waals surface area contributed by atoms with E-state index in [4.69, 9.17) is 33.1 Å². The standard InChI is InChI=1S/C31H33ClN8O2/c1-18-5-7-19(8-6-18)9-10-20-17-35-24-21(20)3-2-4-22(24)30(42)40-15-13-31(14-16-40)12-11-23(39-31)36-29(41)25-27(33)38-28(34)26(32)37-25/h2-8,17,20H,9-16H2,1H3,(H4,33,34,38)(H,36,39,41). The third-order valence-corrected chi connectivity index (χ3v) is 8.78. The molecule has 5 N–H and O–H groups in total. The number of nitrogens with one attached hydrogen (secondary N) is 1. The first-order valence-corrected chi connectivity index (χ1v) is 14.6. The van der Waals surface area contributed by atoms with Crippen molar-refractivity contribution >= 4 is 52.8 Å². The van der Waals surface area contributed by atoms with Crippen LogP contribution in [0.25, 0.3) is 0 Å². The number of amides is 2. The van der Waals surface area contributed by atoms with Crippen LogP contribution in [0.2, 0.25) is 5.15 Å². The minimum absolute atomic E-state index is 0.00261. The third-order valence-electron chi connectivity index (χ3n) is 8.50. The zero-order valence-corrected chi connectivity index (χ0v) is 24.2. The van der Waals surface area contributed by atoms with Gasteiger partial charge in [0.2, 0.25) is 0 Å². The summed E-state index contributed by atoms with van der Waals surface area (Å²) in [5.74, 6) is 0.119. The van der Waals surface area contributed by atoms with Crippen molar-refractivity contribution in [1.29, 1.82) is 0 Å². The van der Waals surface area contributed by atoms with Gasteiger partial charge in [-0.2, -0.15) is 0 Å². The summed E-state index contributed by atoms with van der Waals surface area (Å²) < 4.78 is 0. The van der Waals surface area contributed by atoms with Crippen LogP contribution in [-0.2, 0) is 6.42 Å². The number of para-hydroxylation sites is 1. The highest BCUT2D eigenvalue weighted by Crippen LogP contribution is 2.40. The molecule has 3 aliphatic heterocycles. The fraction of sp³-hybridized carbons (Fsp3) is 0.355. The Morgan fingerprint density at radius 3 is 2.57 bits per heavy atom. The predicted octanol–water partition coefficient (Wildman–Crippen LogP) is 4.63. The number of hydrogen-bond donors (Lipinski definition) is 3. The number of rotatable bonds is 5. The first-order valence-electron chi connectivity index (χ1n) is 14.2. The quantitative estimate of drug-likeness (QED) is 0.397. The number of nitrogens with two attached hydrogens (primary N) is 2. The summed E-state index contributed by atoms with van der Waals surface area (Å²) in [4.78, 5) is 45.7. The second kappa shape index (κ2) is 11.2. The number of benzene rings is 2. The van der Waals surface area contributed by atoms with E-state index >= 15 is 0 Å². The number of halogens is 1. The maximum Gasteiger partial charge on any atom is 0.279 e. The molecular formula is C31H33ClN8O2. The number of carbonyl (C=O) groups excluding carboxylic acids is 2. The normalized spacial score (nSPS) is 18.7. The number of amidine groups is 1. The number of carbonyl (C=O) groups is 2. The fourth-order valence-electron chi connectivity index (χ4n) is 6.03. The van der Waals surface area contributed by atoms with Crippen LogP contribution in [0.5, 0.6) is 0 Å². The van der Waals surface area contributed by atoms with Crippen molar-refractivity contribution in [3.05, 3.63) is 75.6 Å². The molecule has 0 bridgehead atoms. The number of anilines is 2. The first kappa shape index (κ1) is 27.8. The molecular weight excluding hydrogens is 552 g/mol. The smallest absolute Gasteiger partial charge is 0.279 e. The first-order chi connectivity index (χ1) is 20.2. The summed E-state index contributed by atoms with van der Waals surface area (Å²) >= 11 is 5.92. The summed E-state index contributed by atoms with van der Waals surface area (Å²) in [6.45, 7) is 3.26. The van der Waals surface area contributed by atoms with Gasteiger partial charge >= 0.3 is 0 Å². The number of fused-ring (bicyclic) bond motifs is 1. The molecule has 1 atom stereocenters. The van der Waals surface area contributed by atoms with Gasteiger partial charge in [-0.15, -0.1) is 0 Å². The van der Waals surface area contributed by atoms with Crippen LogP contribution >= 0.6 is 11.6 Å². The second-order valence-corrected chi connectivity index (χ2v) is 11.7. The van der Waals surface area contributed by atoms with Gasteiger partial charge in [0, 0.05) is 31.6 Å². The Morgan fingerprint density at radius 2 is 1.81 bits per heavy atom. The Balaban J connectivity index is 1.08. The van der Waals surface area contributed by atoms with Gasteiger partial charge in [0.1, 0.15) is 5.84 Å². The van der Waals surface area contributed by atoms with E-state index in [1.807, 2.05) is 23.2 Å². The Bertz CT molecular complexity index is 1610. The van der Waals surface area contributed by atoms with Crippen molar-refractivity contribution in [2.45, 2.75) is 56.9 Å². The van der Waals surface area contributed by atoms with Crippen molar-refractivity contribution in [2.24, 2.45) is 9.98 Å². The van der Waals surface area contributed by atoms with Crippen LogP contribution in [0.1, 0.15) is 75.6 Å². The van der Waals surface area contributed by atoms with E-state index in [1.165, 1.54) is 11.1 Å². The molecule has 216 valence electrons. The number of nitrogen functional groups attached to an aromatic ring is 2. The van der Waals surface area contributed by atoms with Crippen molar-refractivity contribution in [3.63, 3.8) is 0 Å². The van der Waals surface area contributed by atoms with Crippen molar-refractivity contribution in [1.82, 2.24) is 20.2 Å². The van der Waals surface area contributed by atoms with Crippen LogP contribution in [-0.4, -0.2) is 57.4 Å². The minimum atomic E-state index is -0.527. The minimum Gasteiger partial charge on any atom is -0.382 e. The predicted molar refractivity (Wildman–Crippen MR) is 165 cm³/mol. The molecule has 1 unspecified atom stereocenters. The molecule has 1 saturated heterocycles. The number of aryl methyl sites for hydroxylation is 2. The zero-order chi connectivity index (χ0) is 29.4. The second-order valence-electron chi connectivity index (χ2n) is 11.3. The molecule has 6 rings (SSSR count). The van der Waals surface area contributed by atoms with E-state index in [-0.39, 0.29) is 39.8 Å². The Kier molecular flexibility index (Phi) is 7.40. The number of nitrogens with zero attached hydrogens (tertiary/aromatic N) is 5. The molecule has 0 radical (unpaired) electrons. The van der Waals surface area contributed by atoms with E-state index < -0.39 is 5.91 Å². The summed E-state index contributed by atoms with van der Waals surface area (Å²) in [6.07, 6.45) is 6.73. The number of aliphatic imine (C=N–C) groups is 2. The largest absolute Gasteiger partial charge is 0.382 e. The molecule has 2 amide bonds. The van der Waals surface area contributed by atoms with Gasteiger partial charge in [0.05, 0.1) is 16.8 Å². The fourth-order valence-corrected chi connectivity index (χ4v) is 6.15. The number of aromatic nitrogens is 2. The van der Waals surface area contributed by atoms with Gasteiger partial charge in [0.25, 0.3) is 11.8 Å². The maximum absolute atomic E-state index is 13.6. The van der Waals surface area contributed by atoms with E-state index in [0.717, 1.165) is 30.5 Å². The Hall–Kier alpha value is -4.31. The van der Waals surface area contributed by atoms with E-state index in [0.29, 0.717) is 43.8 Å². The van der Waals surface area contributed by atoms with Crippen LogP contribution in [0.3, 0.4) is 0 Å². The Morgan fingerprint density at radius 1 is 1.05 bits per heavy atom. The molecule has 1 fully saturated rings. The summed E-state index contributed by atoms with van der Waals surface area (Å²) in [5.41, 5.74) is 16.2. The molecule has 10 nitrogen and oxygen atoms in total. The maximum atomic E-state index is 13.6. The van der Waals surface area contributed by atoms with Gasteiger partial charge in [-0.25, -0.2) is 9.97 Å². The van der Waals surface area contributed by atoms with Gasteiger partial charge in [-0.3, -0.25) is 19.6 Å². The molecule has 1 spiro atoms. The van der Waals surface area contributed by atoms with E-state index in [9.17, 15) is 9.59 Å². The zero-order valence-electron chi connectivity index (χ0n) is 23.4. The molecule has 2 aromatic carbocycles. The highest BCUT2D eigenvalue weighted by molar-refractivity contribution is 6.31. The number of hydrogen-bond acceptors (Lipinski definition) is 8. The van der Waals surface area contributed by atoms with Crippen LogP contribution in [0.15, 0.2) is 52.4 Å². The van der Waals surface area contributed by atoms with Gasteiger partial charge in [-0.05, 0) is 56.2 Å². The lowest BCUT2D eigenvalue weighted by molar-refractivity contribution is 0.0674. The van der Waals surface area contributed by atoms with Crippen molar-refractivity contribution < 1.29 is 9.59 Å². The summed E-state index contributed by atoms with van der Waals surface area (Å²) in [5, 5.41) is 2.72. The lowest BCUT2D eigenvalue weighted by Crippen LogP contribution is -2.45. The molecule has 4 heterocycles. The molecule has 0 saturated carbocycles. The summed E-state index contributed by atoms with van der Waals surface area (Å²) in [7, 11) is 0. The lowest BCUT2D eigenvalue weighted by Gasteiger charge is -2.37. The highest BCUT2D eigenvalue weighted by Gasteiger charge is 2.40. The van der Waals surface area contributed by atoms with Crippen LogP contribution in [0.4, 0.5) is 17.3 Å². The molecule has 3 aromatic rings. The SMILES string of the molecule is Cc1ccc(CCC2C=Nc3c(C(=O)N4CCC5(CCC(NC(=O)c6nc(Cl)c(N)nc6N)=N5)CC4)cccc32)cc1. The molecule has 3 aliphatic rings. The number of piperidine rings is 1. The van der Waals surface area contributed by atoms with E-state index in [2.05, 4.69) is 52.5 Å². The van der Waals surface area contributed by atoms with Gasteiger partial charge < -0.3 is 21.7 Å². The third kappa shape index (κ3) is 5.46. The number of likely N-dealkylation sites (tertiary alicyclic amines) is 1. The van der Waals surface area contributed by atoms with Crippen molar-refractivity contribution in [3.8, 4) is 0 Å². The average Bonchev–Trinajstić information content (AvgIpc) is 3.58. The molecule has 0 aliphatic carbocycles. The monoisotopic (exact) mass is 584 g/mol. The average molecular weight is 585 g/mol. The summed E-state index contributed by atoms with van der Waals surface area (Å²) in [6, 6.07) is 14.6. The highest BCUT2D eigenvalue weighted by atomic mass is 35.5. The Labute approximate surface area is 249 Å².